The summed E-state index contributed by atoms with van der Waals surface area (Å²) in [5.74, 6) is -16.4. The number of aliphatic carboxylic acids is 1. The van der Waals surface area contributed by atoms with Crippen molar-refractivity contribution in [3.63, 3.8) is 0 Å². The van der Waals surface area contributed by atoms with Crippen LogP contribution in [0.2, 0.25) is 10.0 Å². The number of halogens is 2. The van der Waals surface area contributed by atoms with Gasteiger partial charge in [0.25, 0.3) is 0 Å². The number of carbonyl (C=O) groups excluding carboxylic acids is 7. The number of phenols is 4. The number of aliphatic hydroxyl groups is 7. The van der Waals surface area contributed by atoms with E-state index in [9.17, 15) is 75.7 Å². The van der Waals surface area contributed by atoms with E-state index in [1.165, 1.54) is 67.8 Å². The number of benzene rings is 7. The van der Waals surface area contributed by atoms with E-state index in [-0.39, 0.29) is 67.3 Å². The molecule has 21 N–H and O–H groups in total. The first-order valence-electron chi connectivity index (χ1n) is 33.9. The van der Waals surface area contributed by atoms with Crippen LogP contribution in [0.3, 0.4) is 0 Å². The third-order valence-corrected chi connectivity index (χ3v) is 19.8. The fourth-order valence-electron chi connectivity index (χ4n) is 13.7. The molecule has 584 valence electrons. The Bertz CT molecular complexity index is 4900. The van der Waals surface area contributed by atoms with Crippen molar-refractivity contribution in [3.05, 3.63) is 164 Å². The number of carbonyl (C=O) groups is 8. The molecule has 0 saturated carbocycles. The number of carboxylic acid groups (broad SMARTS) is 1. The van der Waals surface area contributed by atoms with Gasteiger partial charge in [-0.2, -0.15) is 0 Å². The molecule has 111 heavy (non-hydrogen) atoms. The first-order chi connectivity index (χ1) is 52.9. The molecule has 7 unspecified atom stereocenters. The minimum absolute atomic E-state index is 0.0791. The highest BCUT2D eigenvalue weighted by molar-refractivity contribution is 6.32. The van der Waals surface area contributed by atoms with E-state index in [4.69, 9.17) is 66.8 Å². The predicted octanol–water partition coefficient (Wildman–Crippen LogP) is 0.729. The van der Waals surface area contributed by atoms with Gasteiger partial charge < -0.3 is 142 Å². The van der Waals surface area contributed by atoms with Gasteiger partial charge in [0.05, 0.1) is 30.4 Å². The third kappa shape index (κ3) is 15.6. The van der Waals surface area contributed by atoms with Crippen molar-refractivity contribution in [3.8, 4) is 80.1 Å². The van der Waals surface area contributed by atoms with Crippen molar-refractivity contribution >= 4 is 70.5 Å². The number of aliphatic hydroxyl groups excluding tert-OH is 7. The number of nitrogens with one attached hydrogen (secondary N) is 7. The van der Waals surface area contributed by atoms with Crippen LogP contribution >= 0.6 is 23.2 Å². The number of ether oxygens (including phenoxy) is 8. The number of fused-ring (bicyclic) bond motifs is 14. The van der Waals surface area contributed by atoms with E-state index in [0.29, 0.717) is 0 Å². The normalized spacial score (nSPS) is 27.9. The van der Waals surface area contributed by atoms with Crippen LogP contribution in [0.25, 0.3) is 11.1 Å². The van der Waals surface area contributed by atoms with Gasteiger partial charge in [-0.1, -0.05) is 47.5 Å². The Morgan fingerprint density at radius 1 is 0.550 bits per heavy atom. The lowest BCUT2D eigenvalue weighted by atomic mass is 9.89. The van der Waals surface area contributed by atoms with Crippen molar-refractivity contribution in [1.82, 2.24) is 37.2 Å². The van der Waals surface area contributed by atoms with Gasteiger partial charge in [-0.3, -0.25) is 33.6 Å². The Kier molecular flexibility index (Phi) is 22.1. The highest BCUT2D eigenvalue weighted by Crippen LogP contribution is 2.50. The van der Waals surface area contributed by atoms with E-state index in [1.54, 1.807) is 0 Å². The molecular weight excluding hydrogens is 1510 g/mol. The van der Waals surface area contributed by atoms with E-state index in [1.807, 2.05) is 0 Å². The Morgan fingerprint density at radius 3 is 1.77 bits per heavy atom. The van der Waals surface area contributed by atoms with Crippen molar-refractivity contribution in [2.75, 3.05) is 20.3 Å². The van der Waals surface area contributed by atoms with E-state index >= 15 is 24.0 Å². The summed E-state index contributed by atoms with van der Waals surface area (Å²) in [6.45, 7) is -1.02. The van der Waals surface area contributed by atoms with Gasteiger partial charge in [0.15, 0.2) is 35.3 Å². The fourth-order valence-corrected chi connectivity index (χ4v) is 14.1. The summed E-state index contributed by atoms with van der Waals surface area (Å²) in [5.41, 5.74) is 3.53. The summed E-state index contributed by atoms with van der Waals surface area (Å²) in [4.78, 5) is 121. The molecule has 8 aliphatic rings. The van der Waals surface area contributed by atoms with Crippen LogP contribution in [0.15, 0.2) is 115 Å². The van der Waals surface area contributed by atoms with Crippen LogP contribution in [0.1, 0.15) is 82.2 Å². The second-order valence-corrected chi connectivity index (χ2v) is 27.4. The highest BCUT2D eigenvalue weighted by Gasteiger charge is 2.50. The quantitative estimate of drug-likeness (QED) is 0.0947. The van der Waals surface area contributed by atoms with Crippen LogP contribution in [-0.2, 0) is 59.0 Å². The maximum atomic E-state index is 16.5. The molecule has 2 saturated heterocycles. The SMILES string of the molecule is COc1c2cc3cc1Oc1ccc(cc1Cl)C(O[C@@H]1OC(CO)[C@@H](O)C(O)[C@@H]1NC(C)=O)C1NC(=O)[C@H](NC(=O)[C@@H]3NC(=O)[C@H]3NC(=O)[C@@H](Cc4ccc(c(Cl)c4)O2)NC(=O)C(N)c2ccc(O)c(c2)Oc2cc(O)cc3c2)c2ccc(O)c(c2)-c2c(O[C@H]3OC(CO)[C@@H](O)[C@@H](O)C3O)cc(O)cc2[C@@H](C(=O)O)NC1=O. The largest absolute Gasteiger partial charge is 0.508 e. The summed E-state index contributed by atoms with van der Waals surface area (Å²) in [6, 6.07) is 4.70. The number of hydrogen-bond acceptors (Lipinski definition) is 28. The number of amides is 7. The lowest BCUT2D eigenvalue weighted by Crippen LogP contribution is -2.65. The maximum Gasteiger partial charge on any atom is 0.330 e. The summed E-state index contributed by atoms with van der Waals surface area (Å²) in [7, 11) is 1.18. The Morgan fingerprint density at radius 2 is 1.13 bits per heavy atom. The Labute approximate surface area is 636 Å². The zero-order valence-corrected chi connectivity index (χ0v) is 59.2. The molecule has 8 heterocycles. The monoisotopic (exact) mass is 1580 g/mol. The minimum atomic E-state index is -2.50. The van der Waals surface area contributed by atoms with E-state index in [2.05, 4.69) is 37.2 Å². The van der Waals surface area contributed by atoms with Gasteiger partial charge in [0.1, 0.15) is 131 Å². The molecule has 7 amide bonds. The Balaban J connectivity index is 1.06. The molecule has 2 fully saturated rings. The number of aromatic hydroxyl groups is 4. The topological polar surface area (TPSA) is 563 Å². The van der Waals surface area contributed by atoms with Crippen molar-refractivity contribution < 1.29 is 138 Å². The number of carboxylic acids is 1. The van der Waals surface area contributed by atoms with Crippen LogP contribution in [0, 0.1) is 0 Å². The molecule has 36 nitrogen and oxygen atoms in total. The third-order valence-electron chi connectivity index (χ3n) is 19.2. The van der Waals surface area contributed by atoms with Crippen LogP contribution in [0.5, 0.6) is 69.0 Å². The molecule has 38 heteroatoms. The van der Waals surface area contributed by atoms with Crippen LogP contribution in [-0.4, -0.2) is 202 Å². The lowest BCUT2D eigenvalue weighted by Gasteiger charge is -2.44. The second-order valence-electron chi connectivity index (χ2n) is 26.6. The maximum absolute atomic E-state index is 16.5. The average Bonchev–Trinajstić information content (AvgIpc) is 0.751. The molecule has 0 aromatic heterocycles. The van der Waals surface area contributed by atoms with Gasteiger partial charge in [-0.05, 0) is 112 Å². The molecule has 7 aromatic rings. The first kappa shape index (κ1) is 77.8. The molecule has 18 atom stereocenters. The van der Waals surface area contributed by atoms with Crippen LogP contribution in [0.4, 0.5) is 0 Å². The highest BCUT2D eigenvalue weighted by atomic mass is 35.5. The molecule has 0 aliphatic carbocycles. The zero-order chi connectivity index (χ0) is 79.5. The van der Waals surface area contributed by atoms with Gasteiger partial charge in [0, 0.05) is 42.2 Å². The summed E-state index contributed by atoms with van der Waals surface area (Å²) >= 11 is 14.3. The number of nitrogens with two attached hydrogens (primary N) is 1. The molecule has 7 aromatic carbocycles. The smallest absolute Gasteiger partial charge is 0.330 e. The number of methoxy groups -OCH3 is 1. The van der Waals surface area contributed by atoms with Gasteiger partial charge in [-0.15, -0.1) is 0 Å². The molecule has 0 spiro atoms. The molecule has 17 bridgehead atoms. The summed E-state index contributed by atoms with van der Waals surface area (Å²) in [6.07, 6.45) is -20.6. The molecule has 8 aliphatic heterocycles. The zero-order valence-electron chi connectivity index (χ0n) is 57.7. The van der Waals surface area contributed by atoms with Crippen molar-refractivity contribution in [2.45, 2.75) is 123 Å². The minimum Gasteiger partial charge on any atom is -0.508 e. The average molecular weight is 1580 g/mol. The number of rotatable bonds is 9. The second kappa shape index (κ2) is 31.6. The van der Waals surface area contributed by atoms with Crippen molar-refractivity contribution in [2.24, 2.45) is 5.73 Å². The molecule has 0 radical (unpaired) electrons. The number of phenolic OH excluding ortho intramolecular Hbond substituents is 4. The van der Waals surface area contributed by atoms with Crippen molar-refractivity contribution in [1.29, 1.82) is 0 Å². The van der Waals surface area contributed by atoms with E-state index < -0.39 is 238 Å². The summed E-state index contributed by atoms with van der Waals surface area (Å²) < 4.78 is 49.5. The Hall–Kier alpha value is -11.4. The summed E-state index contributed by atoms with van der Waals surface area (Å²) in [5, 5.41) is 151. The fraction of sp³-hybridized carbons (Fsp3) is 0.315. The van der Waals surface area contributed by atoms with Crippen LogP contribution < -0.4 is 66.6 Å². The molecular formula is C73H70Cl2N8O28. The molecule has 15 rings (SSSR count). The number of hydrogen-bond donors (Lipinski definition) is 20. The van der Waals surface area contributed by atoms with Gasteiger partial charge in [0.2, 0.25) is 53.4 Å². The van der Waals surface area contributed by atoms with E-state index in [0.717, 1.165) is 61.5 Å². The predicted molar refractivity (Wildman–Crippen MR) is 377 cm³/mol. The van der Waals surface area contributed by atoms with Gasteiger partial charge in [-0.25, -0.2) is 4.79 Å². The van der Waals surface area contributed by atoms with Gasteiger partial charge >= 0.3 is 5.97 Å². The lowest BCUT2D eigenvalue weighted by molar-refractivity contribution is -0.284. The standard InChI is InChI=1S/C73H70Cl2N8O28/c1-25(86)77-56-60(93)58(91)48(23-84)109-72(56)111-63-29-6-10-43(38(75)16-29)107-47-19-31-18-46(64(47)104-2)106-42-9-3-26(11-37(42)74)12-39-65(96)79-53(30-13-32(87)20-34(14-30)105-44-17-27(4-8-41(44)90)51(76)66(97)78-39)68(99)81-54(31)69(100)80-52-28-5-7-40(89)35(15-28)50-36(55(71(102)103)82-70(101)57(63)83-67(52)98)21-33(88)22-45(50)108-73-62(95)61(94)59(92)49(24-85)110-73/h3-11,13-22,39,48-49,51-63,72-73,84-85,87-95H,12,23-24,76H2,1-2H3,(H,77,86)(H,78,97)(H,79,96)(H,80,100)(H,81,99)(H,82,101)(H,83,98)(H,102,103)/t39-,48?,49?,51?,52-,53+,54-,55+,56+,57?,58-,59-,60?,61-,62?,63?,72+,73+/m1/s1. The first-order valence-corrected chi connectivity index (χ1v) is 34.7.